The van der Waals surface area contributed by atoms with Gasteiger partial charge in [-0.3, -0.25) is 4.79 Å². The van der Waals surface area contributed by atoms with E-state index in [9.17, 15) is 9.18 Å². The van der Waals surface area contributed by atoms with Crippen molar-refractivity contribution in [3.05, 3.63) is 41.4 Å². The number of imidazole rings is 1. The van der Waals surface area contributed by atoms with Crippen LogP contribution in [0.2, 0.25) is 5.02 Å². The summed E-state index contributed by atoms with van der Waals surface area (Å²) < 4.78 is 14.7. The minimum absolute atomic E-state index is 0.176. The molecule has 0 saturated heterocycles. The van der Waals surface area contributed by atoms with Crippen LogP contribution in [0.15, 0.2) is 35.7 Å². The van der Waals surface area contributed by atoms with Crippen LogP contribution >= 0.6 is 23.4 Å². The first-order chi connectivity index (χ1) is 9.06. The van der Waals surface area contributed by atoms with Gasteiger partial charge in [-0.2, -0.15) is 0 Å². The zero-order valence-electron chi connectivity index (χ0n) is 10.1. The van der Waals surface area contributed by atoms with Gasteiger partial charge in [0.05, 0.1) is 16.5 Å². The van der Waals surface area contributed by atoms with Crippen molar-refractivity contribution in [3.8, 4) is 0 Å². The quantitative estimate of drug-likeness (QED) is 0.883. The molecule has 1 amide bonds. The Bertz CT molecular complexity index is 602. The third kappa shape index (κ3) is 3.71. The second-order valence-corrected chi connectivity index (χ2v) is 5.13. The number of benzene rings is 1. The first kappa shape index (κ1) is 13.9. The summed E-state index contributed by atoms with van der Waals surface area (Å²) in [5.74, 6) is -0.453. The van der Waals surface area contributed by atoms with Crippen molar-refractivity contribution in [1.82, 2.24) is 9.55 Å². The molecule has 0 atom stereocenters. The monoisotopic (exact) mass is 299 g/mol. The summed E-state index contributed by atoms with van der Waals surface area (Å²) in [4.78, 5) is 15.8. The molecule has 2 rings (SSSR count). The van der Waals surface area contributed by atoms with Gasteiger partial charge in [0.25, 0.3) is 0 Å². The molecule has 1 N–H and O–H groups in total. The van der Waals surface area contributed by atoms with Gasteiger partial charge in [0.1, 0.15) is 5.82 Å². The van der Waals surface area contributed by atoms with E-state index in [4.69, 9.17) is 11.6 Å². The lowest BCUT2D eigenvalue weighted by molar-refractivity contribution is -0.113. The highest BCUT2D eigenvalue weighted by Gasteiger charge is 2.09. The van der Waals surface area contributed by atoms with Crippen molar-refractivity contribution in [1.29, 1.82) is 0 Å². The molecule has 1 heterocycles. The van der Waals surface area contributed by atoms with E-state index < -0.39 is 5.82 Å². The topological polar surface area (TPSA) is 46.9 Å². The Kier molecular flexibility index (Phi) is 4.44. The molecule has 0 radical (unpaired) electrons. The van der Waals surface area contributed by atoms with Crippen LogP contribution in [-0.4, -0.2) is 21.2 Å². The number of thioether (sulfide) groups is 1. The molecule has 100 valence electrons. The van der Waals surface area contributed by atoms with Gasteiger partial charge in [0, 0.05) is 19.4 Å². The zero-order valence-corrected chi connectivity index (χ0v) is 11.6. The molecule has 4 nitrogen and oxygen atoms in total. The highest BCUT2D eigenvalue weighted by atomic mass is 35.5. The van der Waals surface area contributed by atoms with Gasteiger partial charge >= 0.3 is 0 Å². The van der Waals surface area contributed by atoms with E-state index in [1.54, 1.807) is 12.4 Å². The number of halogens is 2. The van der Waals surface area contributed by atoms with Crippen molar-refractivity contribution in [2.24, 2.45) is 7.05 Å². The predicted octanol–water partition coefficient (Wildman–Crippen LogP) is 2.94. The first-order valence-corrected chi connectivity index (χ1v) is 6.77. The Morgan fingerprint density at radius 2 is 2.37 bits per heavy atom. The highest BCUT2D eigenvalue weighted by molar-refractivity contribution is 7.99. The van der Waals surface area contributed by atoms with E-state index in [-0.39, 0.29) is 16.7 Å². The second kappa shape index (κ2) is 6.08. The third-order valence-electron chi connectivity index (χ3n) is 2.31. The SMILES string of the molecule is Cn1ccnc1SCC(=O)Nc1ccc(F)cc1Cl. The number of carbonyl (C=O) groups is 1. The van der Waals surface area contributed by atoms with Crippen molar-refractivity contribution < 1.29 is 9.18 Å². The van der Waals surface area contributed by atoms with Crippen molar-refractivity contribution in [2.75, 3.05) is 11.1 Å². The molecule has 7 heteroatoms. The van der Waals surface area contributed by atoms with Gasteiger partial charge in [-0.05, 0) is 18.2 Å². The number of carbonyl (C=O) groups excluding carboxylic acids is 1. The van der Waals surface area contributed by atoms with Crippen LogP contribution in [0.25, 0.3) is 0 Å². The van der Waals surface area contributed by atoms with Gasteiger partial charge in [-0.15, -0.1) is 0 Å². The van der Waals surface area contributed by atoms with Crippen LogP contribution in [0, 0.1) is 5.82 Å². The fourth-order valence-corrected chi connectivity index (χ4v) is 2.34. The molecule has 0 bridgehead atoms. The minimum atomic E-state index is -0.439. The Labute approximate surface area is 119 Å². The molecule has 0 saturated carbocycles. The molecule has 0 unspecified atom stereocenters. The maximum Gasteiger partial charge on any atom is 0.234 e. The fraction of sp³-hybridized carbons (Fsp3) is 0.167. The minimum Gasteiger partial charge on any atom is -0.329 e. The second-order valence-electron chi connectivity index (χ2n) is 3.78. The van der Waals surface area contributed by atoms with Gasteiger partial charge in [0.2, 0.25) is 5.91 Å². The lowest BCUT2D eigenvalue weighted by Gasteiger charge is -2.07. The molecule has 2 aromatic rings. The summed E-state index contributed by atoms with van der Waals surface area (Å²) in [6.07, 6.45) is 3.47. The number of anilines is 1. The first-order valence-electron chi connectivity index (χ1n) is 5.41. The molecular weight excluding hydrogens is 289 g/mol. The largest absolute Gasteiger partial charge is 0.329 e. The van der Waals surface area contributed by atoms with E-state index in [2.05, 4.69) is 10.3 Å². The summed E-state index contributed by atoms with van der Waals surface area (Å²) in [5.41, 5.74) is 0.397. The van der Waals surface area contributed by atoms with Crippen LogP contribution in [0.4, 0.5) is 10.1 Å². The van der Waals surface area contributed by atoms with Crippen LogP contribution in [0.5, 0.6) is 0 Å². The molecule has 1 aromatic carbocycles. The molecule has 0 aliphatic carbocycles. The molecule has 1 aromatic heterocycles. The Hall–Kier alpha value is -1.53. The fourth-order valence-electron chi connectivity index (χ4n) is 1.40. The van der Waals surface area contributed by atoms with Crippen LogP contribution in [0.3, 0.4) is 0 Å². The van der Waals surface area contributed by atoms with Gasteiger partial charge in [0.15, 0.2) is 5.16 Å². The maximum atomic E-state index is 12.9. The van der Waals surface area contributed by atoms with E-state index in [0.29, 0.717) is 5.69 Å². The maximum absolute atomic E-state index is 12.9. The molecule has 0 spiro atoms. The Balaban J connectivity index is 1.93. The lowest BCUT2D eigenvalue weighted by Crippen LogP contribution is -2.14. The van der Waals surface area contributed by atoms with Crippen molar-refractivity contribution >= 4 is 35.0 Å². The average Bonchev–Trinajstić information content (AvgIpc) is 2.76. The third-order valence-corrected chi connectivity index (χ3v) is 3.69. The lowest BCUT2D eigenvalue weighted by atomic mass is 10.3. The van der Waals surface area contributed by atoms with Gasteiger partial charge in [-0.25, -0.2) is 9.37 Å². The zero-order chi connectivity index (χ0) is 13.8. The summed E-state index contributed by atoms with van der Waals surface area (Å²) in [7, 11) is 1.85. The summed E-state index contributed by atoms with van der Waals surface area (Å²) in [6, 6.07) is 3.83. The standard InChI is InChI=1S/C12H11ClFN3OS/c1-17-5-4-15-12(17)19-7-11(18)16-10-3-2-8(14)6-9(10)13/h2-6H,7H2,1H3,(H,16,18). The normalized spacial score (nSPS) is 10.5. The number of aromatic nitrogens is 2. The average molecular weight is 300 g/mol. The molecule has 0 aliphatic rings. The summed E-state index contributed by atoms with van der Waals surface area (Å²) >= 11 is 7.13. The molecule has 0 aliphatic heterocycles. The Morgan fingerprint density at radius 3 is 3.00 bits per heavy atom. The summed E-state index contributed by atoms with van der Waals surface area (Å²) in [6.45, 7) is 0. The molecular formula is C12H11ClFN3OS. The van der Waals surface area contributed by atoms with Gasteiger partial charge < -0.3 is 9.88 Å². The van der Waals surface area contributed by atoms with E-state index in [0.717, 1.165) is 11.2 Å². The van der Waals surface area contributed by atoms with E-state index in [1.807, 2.05) is 11.6 Å². The number of rotatable bonds is 4. The smallest absolute Gasteiger partial charge is 0.234 e. The number of nitrogens with zero attached hydrogens (tertiary/aromatic N) is 2. The molecule has 19 heavy (non-hydrogen) atoms. The van der Waals surface area contributed by atoms with Crippen molar-refractivity contribution in [2.45, 2.75) is 5.16 Å². The Morgan fingerprint density at radius 1 is 1.58 bits per heavy atom. The van der Waals surface area contributed by atoms with E-state index >= 15 is 0 Å². The highest BCUT2D eigenvalue weighted by Crippen LogP contribution is 2.23. The number of hydrogen-bond acceptors (Lipinski definition) is 3. The number of aryl methyl sites for hydroxylation is 1. The number of nitrogens with one attached hydrogen (secondary N) is 1. The molecule has 0 fully saturated rings. The number of hydrogen-bond donors (Lipinski definition) is 1. The van der Waals surface area contributed by atoms with Crippen molar-refractivity contribution in [3.63, 3.8) is 0 Å². The van der Waals surface area contributed by atoms with Gasteiger partial charge in [-0.1, -0.05) is 23.4 Å². The predicted molar refractivity (Wildman–Crippen MR) is 74.0 cm³/mol. The number of amides is 1. The van der Waals surface area contributed by atoms with Crippen LogP contribution in [-0.2, 0) is 11.8 Å². The van der Waals surface area contributed by atoms with Crippen LogP contribution < -0.4 is 5.32 Å². The van der Waals surface area contributed by atoms with E-state index in [1.165, 1.54) is 23.9 Å². The van der Waals surface area contributed by atoms with Crippen LogP contribution in [0.1, 0.15) is 0 Å². The summed E-state index contributed by atoms with van der Waals surface area (Å²) in [5, 5.41) is 3.55.